The highest BCUT2D eigenvalue weighted by atomic mass is 35.5. The van der Waals surface area contributed by atoms with Crippen LogP contribution in [0.5, 0.6) is 5.75 Å². The maximum Gasteiger partial charge on any atom is 0.511 e. The molecule has 4 nitrogen and oxygen atoms in total. The first-order valence-corrected chi connectivity index (χ1v) is 7.37. The molecule has 2 aromatic carbocycles. The van der Waals surface area contributed by atoms with Crippen LogP contribution in [-0.2, 0) is 4.74 Å². The lowest BCUT2D eigenvalue weighted by Crippen LogP contribution is -2.39. The first-order valence-electron chi connectivity index (χ1n) is 7.00. The van der Waals surface area contributed by atoms with E-state index >= 15 is 0 Å². The minimum Gasteiger partial charge on any atom is -0.472 e. The third kappa shape index (κ3) is 3.71. The molecule has 0 spiro atoms. The van der Waals surface area contributed by atoms with Crippen molar-refractivity contribution in [3.05, 3.63) is 58.8 Å². The van der Waals surface area contributed by atoms with Gasteiger partial charge in [-0.05, 0) is 41.5 Å². The van der Waals surface area contributed by atoms with Crippen LogP contribution in [0, 0.1) is 0 Å². The Labute approximate surface area is 145 Å². The fraction of sp³-hybridized carbons (Fsp3) is 0.118. The molecule has 0 radical (unpaired) electrons. The maximum absolute atomic E-state index is 13.1. The van der Waals surface area contributed by atoms with Crippen molar-refractivity contribution >= 4 is 23.8 Å². The van der Waals surface area contributed by atoms with Gasteiger partial charge in [-0.25, -0.2) is 4.79 Å². The van der Waals surface area contributed by atoms with Gasteiger partial charge in [0.2, 0.25) is 0 Å². The number of fused-ring (bicyclic) bond motifs is 1. The summed E-state index contributed by atoms with van der Waals surface area (Å²) in [6.07, 6.45) is -8.11. The van der Waals surface area contributed by atoms with Crippen molar-refractivity contribution in [2.45, 2.75) is 12.3 Å². The number of hydrogen-bond acceptors (Lipinski definition) is 3. The van der Waals surface area contributed by atoms with Gasteiger partial charge in [0.05, 0.1) is 0 Å². The number of carboxylic acid groups (broad SMARTS) is 1. The molecule has 8 heteroatoms. The SMILES string of the molecule is O=C(O)OC1=Cc2cc(-c3ccc(Cl)cc3)ccc2OC1C(F)(F)F. The Morgan fingerprint density at radius 1 is 1.12 bits per heavy atom. The molecule has 1 heterocycles. The molecule has 0 aliphatic carbocycles. The van der Waals surface area contributed by atoms with Gasteiger partial charge in [-0.1, -0.05) is 29.8 Å². The Balaban J connectivity index is 2.03. The number of rotatable bonds is 2. The lowest BCUT2D eigenvalue weighted by molar-refractivity contribution is -0.191. The zero-order valence-electron chi connectivity index (χ0n) is 12.4. The molecule has 1 N–H and O–H groups in total. The molecule has 0 aromatic heterocycles. The fourth-order valence-corrected chi connectivity index (χ4v) is 2.54. The van der Waals surface area contributed by atoms with Crippen LogP contribution in [-0.4, -0.2) is 23.5 Å². The average molecular weight is 371 g/mol. The first kappa shape index (κ1) is 17.2. The first-order chi connectivity index (χ1) is 11.7. The van der Waals surface area contributed by atoms with Crippen LogP contribution >= 0.6 is 11.6 Å². The second kappa shape index (κ2) is 6.33. The zero-order chi connectivity index (χ0) is 18.2. The van der Waals surface area contributed by atoms with Crippen molar-refractivity contribution in [1.82, 2.24) is 0 Å². The quantitative estimate of drug-likeness (QED) is 0.722. The molecule has 0 saturated carbocycles. The van der Waals surface area contributed by atoms with E-state index in [1.807, 2.05) is 0 Å². The molecule has 0 bridgehead atoms. The third-order valence-corrected chi connectivity index (χ3v) is 3.74. The standard InChI is InChI=1S/C17H10ClF3O4/c18-12-4-1-9(2-5-12)10-3-6-13-11(7-10)8-14(25-16(22)23)15(24-13)17(19,20)21/h1-8,15H,(H,22,23). The Morgan fingerprint density at radius 3 is 2.36 bits per heavy atom. The molecule has 25 heavy (non-hydrogen) atoms. The summed E-state index contributed by atoms with van der Waals surface area (Å²) in [4.78, 5) is 10.7. The second-order valence-electron chi connectivity index (χ2n) is 5.21. The fourth-order valence-electron chi connectivity index (χ4n) is 2.42. The van der Waals surface area contributed by atoms with Gasteiger partial charge in [0, 0.05) is 10.6 Å². The van der Waals surface area contributed by atoms with E-state index in [2.05, 4.69) is 4.74 Å². The van der Waals surface area contributed by atoms with Gasteiger partial charge in [-0.15, -0.1) is 0 Å². The smallest absolute Gasteiger partial charge is 0.472 e. The zero-order valence-corrected chi connectivity index (χ0v) is 13.1. The Morgan fingerprint density at radius 2 is 1.76 bits per heavy atom. The van der Waals surface area contributed by atoms with Crippen molar-refractivity contribution < 1.29 is 32.5 Å². The summed E-state index contributed by atoms with van der Waals surface area (Å²) in [5, 5.41) is 9.21. The Bertz CT molecular complexity index is 844. The van der Waals surface area contributed by atoms with Crippen molar-refractivity contribution in [2.75, 3.05) is 0 Å². The largest absolute Gasteiger partial charge is 0.511 e. The summed E-state index contributed by atoms with van der Waals surface area (Å²) in [5.41, 5.74) is 1.78. The highest BCUT2D eigenvalue weighted by Crippen LogP contribution is 2.39. The summed E-state index contributed by atoms with van der Waals surface area (Å²) in [6.45, 7) is 0. The molecule has 1 aliphatic heterocycles. The average Bonchev–Trinajstić information content (AvgIpc) is 2.53. The van der Waals surface area contributed by atoms with Crippen LogP contribution in [0.3, 0.4) is 0 Å². The molecule has 0 amide bonds. The van der Waals surface area contributed by atoms with Gasteiger partial charge in [0.15, 0.2) is 5.76 Å². The van der Waals surface area contributed by atoms with Crippen molar-refractivity contribution in [2.24, 2.45) is 0 Å². The van der Waals surface area contributed by atoms with Crippen LogP contribution in [0.25, 0.3) is 17.2 Å². The number of carbonyl (C=O) groups is 1. The van der Waals surface area contributed by atoms with Gasteiger partial charge in [0.1, 0.15) is 5.75 Å². The minimum absolute atomic E-state index is 0.0159. The van der Waals surface area contributed by atoms with E-state index < -0.39 is 24.2 Å². The monoisotopic (exact) mass is 370 g/mol. The van der Waals surface area contributed by atoms with Gasteiger partial charge in [0.25, 0.3) is 6.10 Å². The van der Waals surface area contributed by atoms with Crippen LogP contribution in [0.15, 0.2) is 48.2 Å². The molecular weight excluding hydrogens is 361 g/mol. The van der Waals surface area contributed by atoms with Crippen molar-refractivity contribution in [3.63, 3.8) is 0 Å². The molecule has 0 saturated heterocycles. The van der Waals surface area contributed by atoms with E-state index in [-0.39, 0.29) is 11.3 Å². The molecule has 1 atom stereocenters. The van der Waals surface area contributed by atoms with Crippen LogP contribution < -0.4 is 4.74 Å². The van der Waals surface area contributed by atoms with E-state index in [4.69, 9.17) is 21.4 Å². The Hall–Kier alpha value is -2.67. The Kier molecular flexibility index (Phi) is 4.34. The summed E-state index contributed by atoms with van der Waals surface area (Å²) in [6, 6.07) is 11.5. The van der Waals surface area contributed by atoms with Gasteiger partial charge < -0.3 is 14.6 Å². The van der Waals surface area contributed by atoms with Crippen LogP contribution in [0.2, 0.25) is 5.02 Å². The topological polar surface area (TPSA) is 55.8 Å². The van der Waals surface area contributed by atoms with E-state index in [9.17, 15) is 18.0 Å². The highest BCUT2D eigenvalue weighted by Gasteiger charge is 2.48. The molecule has 130 valence electrons. The summed E-state index contributed by atoms with van der Waals surface area (Å²) in [5.74, 6) is -0.849. The second-order valence-corrected chi connectivity index (χ2v) is 5.65. The summed E-state index contributed by atoms with van der Waals surface area (Å²) < 4.78 is 48.4. The molecular formula is C17H10ClF3O4. The molecule has 2 aromatic rings. The van der Waals surface area contributed by atoms with E-state index in [0.29, 0.717) is 10.6 Å². The van der Waals surface area contributed by atoms with E-state index in [0.717, 1.165) is 11.6 Å². The van der Waals surface area contributed by atoms with E-state index in [1.54, 1.807) is 36.4 Å². The number of alkyl halides is 3. The third-order valence-electron chi connectivity index (χ3n) is 3.49. The molecule has 1 unspecified atom stereocenters. The molecule has 1 aliphatic rings. The number of benzene rings is 2. The summed E-state index contributed by atoms with van der Waals surface area (Å²) >= 11 is 5.83. The van der Waals surface area contributed by atoms with Gasteiger partial charge >= 0.3 is 12.3 Å². The van der Waals surface area contributed by atoms with Crippen LogP contribution in [0.4, 0.5) is 18.0 Å². The number of ether oxygens (including phenoxy) is 2. The predicted octanol–water partition coefficient (Wildman–Crippen LogP) is 5.37. The lowest BCUT2D eigenvalue weighted by atomic mass is 10.00. The van der Waals surface area contributed by atoms with E-state index in [1.165, 1.54) is 6.07 Å². The van der Waals surface area contributed by atoms with Crippen molar-refractivity contribution in [3.8, 4) is 16.9 Å². The number of hydrogen-bond donors (Lipinski definition) is 1. The predicted molar refractivity (Wildman–Crippen MR) is 84.4 cm³/mol. The van der Waals surface area contributed by atoms with Gasteiger partial charge in [-0.2, -0.15) is 13.2 Å². The molecule has 0 fully saturated rings. The number of halogens is 4. The van der Waals surface area contributed by atoms with Crippen LogP contribution in [0.1, 0.15) is 5.56 Å². The minimum atomic E-state index is -4.81. The van der Waals surface area contributed by atoms with Gasteiger partial charge in [-0.3, -0.25) is 0 Å². The normalized spacial score (nSPS) is 16.5. The van der Waals surface area contributed by atoms with Crippen molar-refractivity contribution in [1.29, 1.82) is 0 Å². The maximum atomic E-state index is 13.1. The highest BCUT2D eigenvalue weighted by molar-refractivity contribution is 6.30. The molecule has 3 rings (SSSR count). The summed E-state index contributed by atoms with van der Waals surface area (Å²) in [7, 11) is 0. The lowest BCUT2D eigenvalue weighted by Gasteiger charge is -2.27.